The van der Waals surface area contributed by atoms with Gasteiger partial charge >= 0.3 is 17.4 Å². The summed E-state index contributed by atoms with van der Waals surface area (Å²) >= 11 is 0. The Bertz CT molecular complexity index is 43.0. The van der Waals surface area contributed by atoms with Crippen LogP contribution >= 0.6 is 17.4 Å². The molecule has 6 nitrogen and oxygen atoms in total. The normalized spacial score (nSPS) is 4.60. The molecule has 0 aromatic heterocycles. The molecular weight excluding hydrogens is 182 g/mol. The van der Waals surface area contributed by atoms with Gasteiger partial charge in [0.2, 0.25) is 0 Å². The summed E-state index contributed by atoms with van der Waals surface area (Å²) in [5.74, 6) is 0. The third kappa shape index (κ3) is 4450. The first kappa shape index (κ1) is 33.2. The molecule has 0 amide bonds. The zero-order chi connectivity index (χ0) is 7.41. The Kier molecular flexibility index (Phi) is 583. The van der Waals surface area contributed by atoms with Crippen LogP contribution in [0.3, 0.4) is 0 Å². The molecule has 10 heavy (non-hydrogen) atoms. The second-order valence-corrected chi connectivity index (χ2v) is 0.490. The van der Waals surface area contributed by atoms with Crippen molar-refractivity contribution in [2.75, 3.05) is 0 Å². The summed E-state index contributed by atoms with van der Waals surface area (Å²) in [7, 11) is -1.67. The lowest BCUT2D eigenvalue weighted by Crippen LogP contribution is -1.03. The summed E-state index contributed by atoms with van der Waals surface area (Å²) in [5, 5.41) is 0. The van der Waals surface area contributed by atoms with Gasteiger partial charge in [-0.05, 0) is 0 Å². The van der Waals surface area contributed by atoms with E-state index in [-0.39, 0.29) is 14.9 Å². The molecule has 2 N–H and O–H groups in total. The molecule has 0 unspecified atom stereocenters. The Morgan fingerprint density at radius 3 is 0.800 bits per heavy atom. The van der Waals surface area contributed by atoms with Gasteiger partial charge in [0.05, 0.1) is 0 Å². The highest BCUT2D eigenvalue weighted by molar-refractivity contribution is 7.16. The van der Waals surface area contributed by atoms with Crippen LogP contribution in [-0.4, -0.2) is 9.79 Å². The molecule has 0 rings (SSSR count). The lowest BCUT2D eigenvalue weighted by molar-refractivity contribution is 0.523. The summed E-state index contributed by atoms with van der Waals surface area (Å²) in [6.07, 6.45) is 0. The Morgan fingerprint density at radius 1 is 0.800 bits per heavy atom. The SMILES string of the molecule is C.C.O=O.O=PO.O=PO. The van der Waals surface area contributed by atoms with Gasteiger partial charge in [-0.2, -0.15) is 0 Å². The van der Waals surface area contributed by atoms with E-state index >= 15 is 0 Å². The molecule has 0 bridgehead atoms. The molecule has 0 aromatic carbocycles. The van der Waals surface area contributed by atoms with E-state index in [1.54, 1.807) is 0 Å². The fourth-order valence-electron chi connectivity index (χ4n) is 0. The molecule has 0 heterocycles. The number of hydrogen-bond acceptors (Lipinski definition) is 4. The monoisotopic (exact) mass is 192 g/mol. The van der Waals surface area contributed by atoms with Crippen LogP contribution in [0, 0.1) is 9.93 Å². The third-order valence-corrected chi connectivity index (χ3v) is 0. The van der Waals surface area contributed by atoms with Crippen LogP contribution in [0.1, 0.15) is 14.9 Å². The van der Waals surface area contributed by atoms with Crippen molar-refractivity contribution in [3.05, 3.63) is 9.93 Å². The maximum absolute atomic E-state index is 8.46. The molecule has 0 atom stereocenters. The van der Waals surface area contributed by atoms with Gasteiger partial charge in [-0.3, -0.25) is 0 Å². The summed E-state index contributed by atoms with van der Waals surface area (Å²) < 4.78 is 16.9. The molecule has 0 aliphatic heterocycles. The van der Waals surface area contributed by atoms with E-state index < -0.39 is 17.4 Å². The molecule has 8 heteroatoms. The standard InChI is InChI=1S/2CH4.2HO2P.O2/c;;2*1-3-2;1-2/h2*1H4;2*(H,1,2);. The Hall–Kier alpha value is -0.280. The van der Waals surface area contributed by atoms with Gasteiger partial charge in [0.15, 0.2) is 0 Å². The van der Waals surface area contributed by atoms with E-state index in [0.717, 1.165) is 0 Å². The zero-order valence-corrected chi connectivity index (χ0v) is 5.21. The maximum Gasteiger partial charge on any atom is 0.324 e. The van der Waals surface area contributed by atoms with Gasteiger partial charge in [-0.25, -0.2) is 9.13 Å². The second kappa shape index (κ2) is 176. The fourth-order valence-corrected chi connectivity index (χ4v) is 0. The second-order valence-electron chi connectivity index (χ2n) is 0.163. The van der Waals surface area contributed by atoms with Gasteiger partial charge in [-0.15, -0.1) is 0 Å². The van der Waals surface area contributed by atoms with Gasteiger partial charge in [0.1, 0.15) is 0 Å². The van der Waals surface area contributed by atoms with Crippen LogP contribution in [0.15, 0.2) is 0 Å². The predicted octanol–water partition coefficient (Wildman–Crippen LogP) is 1.71. The lowest BCUT2D eigenvalue weighted by Gasteiger charge is -1.24. The quantitative estimate of drug-likeness (QED) is 0.565. The highest BCUT2D eigenvalue weighted by Crippen LogP contribution is 1.66. The van der Waals surface area contributed by atoms with Crippen molar-refractivity contribution >= 4 is 17.4 Å². The highest BCUT2D eigenvalue weighted by atomic mass is 31.1. The van der Waals surface area contributed by atoms with Crippen molar-refractivity contribution in [3.63, 3.8) is 0 Å². The van der Waals surface area contributed by atoms with E-state index in [1.165, 1.54) is 0 Å². The summed E-state index contributed by atoms with van der Waals surface area (Å²) in [6, 6.07) is 0. The van der Waals surface area contributed by atoms with Crippen molar-refractivity contribution in [1.82, 2.24) is 0 Å². The Morgan fingerprint density at radius 2 is 0.800 bits per heavy atom. The van der Waals surface area contributed by atoms with E-state index in [2.05, 4.69) is 0 Å². The fraction of sp³-hybridized carbons (Fsp3) is 1.00. The minimum atomic E-state index is -0.833. The molecule has 64 valence electrons. The molecule has 0 aromatic rings. The van der Waals surface area contributed by atoms with Crippen LogP contribution in [0.5, 0.6) is 0 Å². The van der Waals surface area contributed by atoms with E-state index in [9.17, 15) is 0 Å². The number of hydrogen-bond donors (Lipinski definition) is 2. The largest absolute Gasteiger partial charge is 0.324 e. The van der Waals surface area contributed by atoms with Gasteiger partial charge in [0, 0.05) is 9.93 Å². The molecule has 0 saturated carbocycles. The van der Waals surface area contributed by atoms with E-state index in [1.807, 2.05) is 0 Å². The molecule has 0 spiro atoms. The first-order chi connectivity index (χ1) is 3.83. The molecule has 0 radical (unpaired) electrons. The highest BCUT2D eigenvalue weighted by Gasteiger charge is 1.28. The average Bonchev–Trinajstić information content (AvgIpc) is 1.75. The van der Waals surface area contributed by atoms with Crippen molar-refractivity contribution in [3.8, 4) is 0 Å². The lowest BCUT2D eigenvalue weighted by atomic mass is 12.0. The summed E-state index contributed by atoms with van der Waals surface area (Å²) in [5.41, 5.74) is 0. The topological polar surface area (TPSA) is 109 Å². The predicted molar refractivity (Wildman–Crippen MR) is 39.8 cm³/mol. The molecule has 0 aliphatic carbocycles. The molecular formula is C2H10O6P2. The van der Waals surface area contributed by atoms with Gasteiger partial charge in [0.25, 0.3) is 0 Å². The van der Waals surface area contributed by atoms with Crippen LogP contribution in [0.2, 0.25) is 0 Å². The molecule has 0 saturated heterocycles. The smallest absolute Gasteiger partial charge is 0.310 e. The maximum atomic E-state index is 8.46. The van der Waals surface area contributed by atoms with Crippen molar-refractivity contribution in [2.45, 2.75) is 14.9 Å². The first-order valence-corrected chi connectivity index (χ1v) is 2.46. The van der Waals surface area contributed by atoms with E-state index in [0.29, 0.717) is 0 Å². The zero-order valence-electron chi connectivity index (χ0n) is 3.42. The average molecular weight is 192 g/mol. The third-order valence-electron chi connectivity index (χ3n) is 0. The van der Waals surface area contributed by atoms with Crippen LogP contribution in [-0.2, 0) is 9.13 Å². The van der Waals surface area contributed by atoms with Crippen LogP contribution < -0.4 is 0 Å². The van der Waals surface area contributed by atoms with Gasteiger partial charge < -0.3 is 9.79 Å². The minimum Gasteiger partial charge on any atom is -0.310 e. The van der Waals surface area contributed by atoms with E-state index in [4.69, 9.17) is 28.8 Å². The first-order valence-electron chi connectivity index (χ1n) is 0.932. The van der Waals surface area contributed by atoms with Crippen LogP contribution in [0.25, 0.3) is 0 Å². The van der Waals surface area contributed by atoms with Crippen molar-refractivity contribution in [1.29, 1.82) is 0 Å². The Labute approximate surface area is 62.1 Å². The van der Waals surface area contributed by atoms with Crippen molar-refractivity contribution < 1.29 is 18.9 Å². The van der Waals surface area contributed by atoms with Crippen LogP contribution in [0.4, 0.5) is 0 Å². The Balaban J connectivity index is -0.0000000116. The summed E-state index contributed by atoms with van der Waals surface area (Å²) in [4.78, 5) is 28.0. The molecule has 0 fully saturated rings. The summed E-state index contributed by atoms with van der Waals surface area (Å²) in [6.45, 7) is 0. The minimum absolute atomic E-state index is 0. The molecule has 0 aliphatic rings. The van der Waals surface area contributed by atoms with Gasteiger partial charge in [-0.1, -0.05) is 14.9 Å². The number of rotatable bonds is 0. The van der Waals surface area contributed by atoms with Crippen molar-refractivity contribution in [2.24, 2.45) is 0 Å².